The number of amides is 1. The summed E-state index contributed by atoms with van der Waals surface area (Å²) in [6.45, 7) is 1.26. The normalized spacial score (nSPS) is 25.3. The van der Waals surface area contributed by atoms with Crippen molar-refractivity contribution >= 4 is 11.9 Å². The number of rotatable bonds is 2. The number of carboxylic acid groups (broad SMARTS) is 1. The van der Waals surface area contributed by atoms with E-state index in [1.54, 1.807) is 12.1 Å². The van der Waals surface area contributed by atoms with Gasteiger partial charge in [-0.05, 0) is 43.5 Å². The second-order valence-corrected chi connectivity index (χ2v) is 5.38. The highest BCUT2D eigenvalue weighted by Crippen LogP contribution is 2.26. The van der Waals surface area contributed by atoms with Gasteiger partial charge in [-0.25, -0.2) is 4.79 Å². The second kappa shape index (κ2) is 5.25. The molecular weight excluding hydrogens is 258 g/mol. The van der Waals surface area contributed by atoms with Gasteiger partial charge in [-0.15, -0.1) is 0 Å². The Bertz CT molecular complexity index is 521. The molecule has 4 rings (SSSR count). The highest BCUT2D eigenvalue weighted by Gasteiger charge is 2.35. The molecule has 3 aliphatic heterocycles. The molecule has 3 aliphatic rings. The molecule has 2 atom stereocenters. The lowest BCUT2D eigenvalue weighted by molar-refractivity contribution is -0.0393. The zero-order valence-electron chi connectivity index (χ0n) is 11.1. The van der Waals surface area contributed by atoms with Gasteiger partial charge in [-0.1, -0.05) is 0 Å². The molecule has 5 heteroatoms. The minimum absolute atomic E-state index is 0.0258. The standard InChI is InChI=1S/C15H17NO4/c17-14(10-4-6-11(7-5-10)15(18)19)16-8-13-3-1-2-12(16)9-20-13/h4-7,12-13H,1-3,8-9H2,(H,18,19). The lowest BCUT2D eigenvalue weighted by Gasteiger charge is -2.36. The number of ether oxygens (including phenoxy) is 1. The number of hydrogen-bond acceptors (Lipinski definition) is 3. The smallest absolute Gasteiger partial charge is 0.335 e. The van der Waals surface area contributed by atoms with Gasteiger partial charge in [0.15, 0.2) is 0 Å². The van der Waals surface area contributed by atoms with E-state index in [0.717, 1.165) is 19.3 Å². The second-order valence-electron chi connectivity index (χ2n) is 5.38. The monoisotopic (exact) mass is 275 g/mol. The minimum Gasteiger partial charge on any atom is -0.478 e. The zero-order valence-corrected chi connectivity index (χ0v) is 11.1. The van der Waals surface area contributed by atoms with Gasteiger partial charge in [0.05, 0.1) is 24.3 Å². The van der Waals surface area contributed by atoms with Gasteiger partial charge in [-0.3, -0.25) is 4.79 Å². The predicted molar refractivity (Wildman–Crippen MR) is 71.8 cm³/mol. The average molecular weight is 275 g/mol. The van der Waals surface area contributed by atoms with E-state index in [-0.39, 0.29) is 23.6 Å². The molecule has 1 aromatic carbocycles. The summed E-state index contributed by atoms with van der Waals surface area (Å²) < 4.78 is 5.70. The summed E-state index contributed by atoms with van der Waals surface area (Å²) >= 11 is 0. The number of carbonyl (C=O) groups excluding carboxylic acids is 1. The molecule has 2 unspecified atom stereocenters. The quantitative estimate of drug-likeness (QED) is 0.893. The van der Waals surface area contributed by atoms with E-state index in [4.69, 9.17) is 9.84 Å². The van der Waals surface area contributed by atoms with Crippen LogP contribution in [0.25, 0.3) is 0 Å². The summed E-state index contributed by atoms with van der Waals surface area (Å²) in [5.74, 6) is -1.01. The van der Waals surface area contributed by atoms with Crippen LogP contribution in [-0.4, -0.2) is 47.2 Å². The number of aromatic carboxylic acids is 1. The third kappa shape index (κ3) is 2.41. The van der Waals surface area contributed by atoms with Crippen molar-refractivity contribution in [1.82, 2.24) is 4.90 Å². The Kier molecular flexibility index (Phi) is 3.44. The van der Waals surface area contributed by atoms with Crippen molar-refractivity contribution in [3.8, 4) is 0 Å². The van der Waals surface area contributed by atoms with Gasteiger partial charge in [0.2, 0.25) is 0 Å². The number of fused-ring (bicyclic) bond motifs is 4. The van der Waals surface area contributed by atoms with Gasteiger partial charge in [0.25, 0.3) is 5.91 Å². The SMILES string of the molecule is O=C(O)c1ccc(C(=O)N2CC3CCCC2CO3)cc1. The van der Waals surface area contributed by atoms with E-state index in [1.807, 2.05) is 4.90 Å². The van der Waals surface area contributed by atoms with E-state index in [1.165, 1.54) is 12.1 Å². The Hall–Kier alpha value is -1.88. The lowest BCUT2D eigenvalue weighted by Crippen LogP contribution is -2.50. The molecule has 2 bridgehead atoms. The number of hydrogen-bond donors (Lipinski definition) is 1. The van der Waals surface area contributed by atoms with Crippen molar-refractivity contribution in [3.05, 3.63) is 35.4 Å². The lowest BCUT2D eigenvalue weighted by atomic mass is 10.1. The van der Waals surface area contributed by atoms with E-state index in [9.17, 15) is 9.59 Å². The first-order valence-electron chi connectivity index (χ1n) is 6.91. The molecule has 0 aliphatic carbocycles. The maximum atomic E-state index is 12.5. The van der Waals surface area contributed by atoms with Crippen LogP contribution in [0.1, 0.15) is 40.0 Å². The number of carboxylic acids is 1. The van der Waals surface area contributed by atoms with Gasteiger partial charge in [0.1, 0.15) is 0 Å². The van der Waals surface area contributed by atoms with Crippen molar-refractivity contribution in [3.63, 3.8) is 0 Å². The number of carbonyl (C=O) groups is 2. The Morgan fingerprint density at radius 3 is 2.55 bits per heavy atom. The number of nitrogens with zero attached hydrogens (tertiary/aromatic N) is 1. The molecule has 0 radical (unpaired) electrons. The van der Waals surface area contributed by atoms with E-state index in [2.05, 4.69) is 0 Å². The average Bonchev–Trinajstić information content (AvgIpc) is 2.82. The third-order valence-corrected chi connectivity index (χ3v) is 4.07. The van der Waals surface area contributed by atoms with Crippen LogP contribution in [0.5, 0.6) is 0 Å². The molecule has 3 saturated heterocycles. The van der Waals surface area contributed by atoms with Crippen molar-refractivity contribution < 1.29 is 19.4 Å². The van der Waals surface area contributed by atoms with Crippen LogP contribution in [0.4, 0.5) is 0 Å². The van der Waals surface area contributed by atoms with Crippen LogP contribution in [0, 0.1) is 0 Å². The van der Waals surface area contributed by atoms with E-state index in [0.29, 0.717) is 18.7 Å². The van der Waals surface area contributed by atoms with E-state index >= 15 is 0 Å². The fourth-order valence-corrected chi connectivity index (χ4v) is 2.92. The largest absolute Gasteiger partial charge is 0.478 e. The summed E-state index contributed by atoms with van der Waals surface area (Å²) in [5.41, 5.74) is 0.741. The molecule has 1 aromatic rings. The molecule has 0 spiro atoms. The van der Waals surface area contributed by atoms with Crippen LogP contribution < -0.4 is 0 Å². The summed E-state index contributed by atoms with van der Waals surface area (Å²) in [6.07, 6.45) is 3.24. The Balaban J connectivity index is 1.79. The van der Waals surface area contributed by atoms with Crippen molar-refractivity contribution in [2.75, 3.05) is 13.2 Å². The van der Waals surface area contributed by atoms with Crippen molar-refractivity contribution in [2.45, 2.75) is 31.4 Å². The molecule has 3 fully saturated rings. The van der Waals surface area contributed by atoms with Crippen molar-refractivity contribution in [2.24, 2.45) is 0 Å². The Morgan fingerprint density at radius 2 is 1.85 bits per heavy atom. The third-order valence-electron chi connectivity index (χ3n) is 4.07. The van der Waals surface area contributed by atoms with Crippen LogP contribution in [0.2, 0.25) is 0 Å². The molecule has 1 N–H and O–H groups in total. The van der Waals surface area contributed by atoms with Crippen molar-refractivity contribution in [1.29, 1.82) is 0 Å². The highest BCUT2D eigenvalue weighted by atomic mass is 16.5. The summed E-state index contributed by atoms with van der Waals surface area (Å²) in [6, 6.07) is 6.28. The van der Waals surface area contributed by atoms with Crippen LogP contribution in [0.15, 0.2) is 24.3 Å². The van der Waals surface area contributed by atoms with Gasteiger partial charge in [0, 0.05) is 12.1 Å². The highest BCUT2D eigenvalue weighted by molar-refractivity contribution is 5.96. The topological polar surface area (TPSA) is 66.8 Å². The number of benzene rings is 1. The molecule has 106 valence electrons. The fraction of sp³-hybridized carbons (Fsp3) is 0.467. The fourth-order valence-electron chi connectivity index (χ4n) is 2.92. The zero-order chi connectivity index (χ0) is 14.1. The summed E-state index contributed by atoms with van der Waals surface area (Å²) in [5, 5.41) is 8.87. The Morgan fingerprint density at radius 1 is 1.15 bits per heavy atom. The molecule has 0 saturated carbocycles. The summed E-state index contributed by atoms with van der Waals surface area (Å²) in [7, 11) is 0. The minimum atomic E-state index is -0.980. The molecule has 1 amide bonds. The van der Waals surface area contributed by atoms with E-state index < -0.39 is 5.97 Å². The first-order chi connectivity index (χ1) is 9.65. The van der Waals surface area contributed by atoms with Gasteiger partial charge in [-0.2, -0.15) is 0 Å². The van der Waals surface area contributed by atoms with Gasteiger partial charge < -0.3 is 14.7 Å². The van der Waals surface area contributed by atoms with Crippen LogP contribution >= 0.6 is 0 Å². The van der Waals surface area contributed by atoms with Crippen LogP contribution in [-0.2, 0) is 4.74 Å². The molecule has 0 aromatic heterocycles. The van der Waals surface area contributed by atoms with Gasteiger partial charge >= 0.3 is 5.97 Å². The molecule has 5 nitrogen and oxygen atoms in total. The maximum Gasteiger partial charge on any atom is 0.335 e. The first-order valence-corrected chi connectivity index (χ1v) is 6.91. The molecule has 3 heterocycles. The molecule has 20 heavy (non-hydrogen) atoms. The first kappa shape index (κ1) is 13.1. The molecular formula is C15H17NO4. The maximum absolute atomic E-state index is 12.5. The Labute approximate surface area is 117 Å². The predicted octanol–water partition coefficient (Wildman–Crippen LogP) is 1.78. The number of morpholine rings is 1. The van der Waals surface area contributed by atoms with Crippen LogP contribution in [0.3, 0.4) is 0 Å². The summed E-state index contributed by atoms with van der Waals surface area (Å²) in [4.78, 5) is 25.3.